The first-order chi connectivity index (χ1) is 14.1. The normalized spacial score (nSPS) is 14.2. The molecule has 1 unspecified atom stereocenters. The van der Waals surface area contributed by atoms with Crippen molar-refractivity contribution in [1.82, 2.24) is 0 Å². The van der Waals surface area contributed by atoms with E-state index in [4.69, 9.17) is 22.1 Å². The van der Waals surface area contributed by atoms with Crippen LogP contribution in [0.25, 0.3) is 0 Å². The molecule has 0 saturated carbocycles. The van der Waals surface area contributed by atoms with E-state index in [1.54, 1.807) is 50.2 Å². The maximum atomic E-state index is 12.3. The van der Waals surface area contributed by atoms with Crippen molar-refractivity contribution < 1.29 is 24.5 Å². The van der Waals surface area contributed by atoms with Crippen molar-refractivity contribution in [3.63, 3.8) is 0 Å². The summed E-state index contributed by atoms with van der Waals surface area (Å²) in [6, 6.07) is 14.5. The van der Waals surface area contributed by atoms with Gasteiger partial charge in [0.2, 0.25) is 0 Å². The summed E-state index contributed by atoms with van der Waals surface area (Å²) in [5.41, 5.74) is 5.61. The van der Waals surface area contributed by atoms with Crippen LogP contribution in [0.15, 0.2) is 48.5 Å². The molecule has 0 aliphatic carbocycles. The molecular formula is C23H28ClNO5. The van der Waals surface area contributed by atoms with Crippen LogP contribution in [0.5, 0.6) is 5.75 Å². The summed E-state index contributed by atoms with van der Waals surface area (Å²) in [7, 11) is 0. The molecule has 0 bridgehead atoms. The van der Waals surface area contributed by atoms with Crippen molar-refractivity contribution in [2.45, 2.75) is 51.4 Å². The standard InChI is InChI=1S/C23H28ClNO5/c1-15(2)23(25,22(28)29)21(27)5-3-4-20(26)17-8-12-19(13-9-17)30-14-16-6-10-18(24)11-7-16/h6-13,15,20,26H,3-5,14,25H2,1-2H3,(H,28,29)/t20?,23-/m0/s1. The Morgan fingerprint density at radius 3 is 2.23 bits per heavy atom. The maximum absolute atomic E-state index is 12.3. The number of benzene rings is 2. The number of carboxylic acids is 1. The number of rotatable bonds is 11. The second kappa shape index (κ2) is 10.6. The summed E-state index contributed by atoms with van der Waals surface area (Å²) in [4.78, 5) is 23.7. The Labute approximate surface area is 181 Å². The van der Waals surface area contributed by atoms with Crippen LogP contribution in [0.3, 0.4) is 0 Å². The number of carbonyl (C=O) groups excluding carboxylic acids is 1. The summed E-state index contributed by atoms with van der Waals surface area (Å²) in [5.74, 6) is -1.70. The van der Waals surface area contributed by atoms with Crippen LogP contribution in [0.1, 0.15) is 50.3 Å². The number of aliphatic hydroxyl groups is 1. The third kappa shape index (κ3) is 6.05. The van der Waals surface area contributed by atoms with E-state index >= 15 is 0 Å². The molecule has 0 aliphatic heterocycles. The molecule has 2 atom stereocenters. The highest BCUT2D eigenvalue weighted by atomic mass is 35.5. The lowest BCUT2D eigenvalue weighted by Gasteiger charge is -2.27. The van der Waals surface area contributed by atoms with Crippen molar-refractivity contribution in [2.75, 3.05) is 0 Å². The molecule has 7 heteroatoms. The molecule has 0 amide bonds. The molecule has 0 heterocycles. The average Bonchev–Trinajstić information content (AvgIpc) is 2.72. The van der Waals surface area contributed by atoms with Crippen molar-refractivity contribution in [1.29, 1.82) is 0 Å². The van der Waals surface area contributed by atoms with E-state index in [1.807, 2.05) is 12.1 Å². The molecule has 30 heavy (non-hydrogen) atoms. The lowest BCUT2D eigenvalue weighted by atomic mass is 9.81. The number of hydrogen-bond donors (Lipinski definition) is 3. The molecule has 0 spiro atoms. The number of nitrogens with two attached hydrogens (primary N) is 1. The number of halogens is 1. The predicted molar refractivity (Wildman–Crippen MR) is 115 cm³/mol. The average molecular weight is 434 g/mol. The van der Waals surface area contributed by atoms with E-state index in [0.29, 0.717) is 35.8 Å². The monoisotopic (exact) mass is 433 g/mol. The molecule has 4 N–H and O–H groups in total. The molecular weight excluding hydrogens is 406 g/mol. The second-order valence-corrected chi connectivity index (χ2v) is 8.08. The van der Waals surface area contributed by atoms with Crippen LogP contribution in [-0.4, -0.2) is 27.5 Å². The molecule has 0 aliphatic rings. The number of carbonyl (C=O) groups is 2. The fourth-order valence-corrected chi connectivity index (χ4v) is 3.18. The van der Waals surface area contributed by atoms with Gasteiger partial charge >= 0.3 is 5.97 Å². The Balaban J connectivity index is 1.84. The van der Waals surface area contributed by atoms with Gasteiger partial charge in [0.05, 0.1) is 6.10 Å². The SMILES string of the molecule is CC(C)[C@@](N)(C(=O)O)C(=O)CCCC(O)c1ccc(OCc2ccc(Cl)cc2)cc1. The second-order valence-electron chi connectivity index (χ2n) is 7.64. The molecule has 2 aromatic carbocycles. The van der Waals surface area contributed by atoms with Gasteiger partial charge in [0.1, 0.15) is 12.4 Å². The molecule has 2 rings (SSSR count). The van der Waals surface area contributed by atoms with Gasteiger partial charge in [-0.15, -0.1) is 0 Å². The van der Waals surface area contributed by atoms with Crippen molar-refractivity contribution in [2.24, 2.45) is 11.7 Å². The highest BCUT2D eigenvalue weighted by Crippen LogP contribution is 2.24. The number of ketones is 1. The number of carboxylic acid groups (broad SMARTS) is 1. The first kappa shape index (κ1) is 23.9. The smallest absolute Gasteiger partial charge is 0.331 e. The molecule has 0 aromatic heterocycles. The maximum Gasteiger partial charge on any atom is 0.331 e. The first-order valence-electron chi connectivity index (χ1n) is 9.85. The molecule has 162 valence electrons. The minimum Gasteiger partial charge on any atom is -0.489 e. The molecule has 0 saturated heterocycles. The van der Waals surface area contributed by atoms with Crippen LogP contribution >= 0.6 is 11.6 Å². The van der Waals surface area contributed by atoms with Crippen LogP contribution < -0.4 is 10.5 Å². The zero-order valence-electron chi connectivity index (χ0n) is 17.2. The summed E-state index contributed by atoms with van der Waals surface area (Å²) in [5, 5.41) is 20.3. The highest BCUT2D eigenvalue weighted by Gasteiger charge is 2.44. The van der Waals surface area contributed by atoms with E-state index in [1.165, 1.54) is 0 Å². The van der Waals surface area contributed by atoms with Gasteiger partial charge in [0.25, 0.3) is 0 Å². The summed E-state index contributed by atoms with van der Waals surface area (Å²) in [6.45, 7) is 3.62. The Bertz CT molecular complexity index is 851. The lowest BCUT2D eigenvalue weighted by molar-refractivity contribution is -0.150. The number of Topliss-reactive ketones (excluding diaryl/α,β-unsaturated/α-hetero) is 1. The van der Waals surface area contributed by atoms with Gasteiger partial charge in [-0.05, 0) is 54.2 Å². The summed E-state index contributed by atoms with van der Waals surface area (Å²) < 4.78 is 5.72. The van der Waals surface area contributed by atoms with Crippen molar-refractivity contribution in [3.8, 4) is 5.75 Å². The molecule has 0 radical (unpaired) electrons. The summed E-state index contributed by atoms with van der Waals surface area (Å²) in [6.07, 6.45) is -0.0994. The van der Waals surface area contributed by atoms with E-state index in [-0.39, 0.29) is 6.42 Å². The predicted octanol–water partition coefficient (Wildman–Crippen LogP) is 4.13. The quantitative estimate of drug-likeness (QED) is 0.459. The Hall–Kier alpha value is -2.41. The van der Waals surface area contributed by atoms with Crippen molar-refractivity contribution >= 4 is 23.4 Å². The van der Waals surface area contributed by atoms with Crippen LogP contribution in [0, 0.1) is 5.92 Å². The zero-order valence-corrected chi connectivity index (χ0v) is 17.9. The highest BCUT2D eigenvalue weighted by molar-refractivity contribution is 6.30. The third-order valence-electron chi connectivity index (χ3n) is 5.19. The number of aliphatic carboxylic acids is 1. The largest absolute Gasteiger partial charge is 0.489 e. The number of aliphatic hydroxyl groups excluding tert-OH is 1. The van der Waals surface area contributed by atoms with E-state index < -0.39 is 29.3 Å². The van der Waals surface area contributed by atoms with Gasteiger partial charge in [-0.3, -0.25) is 4.79 Å². The molecule has 6 nitrogen and oxygen atoms in total. The first-order valence-corrected chi connectivity index (χ1v) is 10.2. The topological polar surface area (TPSA) is 110 Å². The lowest BCUT2D eigenvalue weighted by Crippen LogP contribution is -2.58. The summed E-state index contributed by atoms with van der Waals surface area (Å²) >= 11 is 5.86. The minimum absolute atomic E-state index is 0.000324. The Morgan fingerprint density at radius 1 is 1.10 bits per heavy atom. The van der Waals surface area contributed by atoms with Gasteiger partial charge < -0.3 is 20.7 Å². The fourth-order valence-electron chi connectivity index (χ4n) is 3.05. The van der Waals surface area contributed by atoms with Gasteiger partial charge in [-0.1, -0.05) is 49.7 Å². The zero-order chi connectivity index (χ0) is 22.3. The van der Waals surface area contributed by atoms with Crippen LogP contribution in [0.2, 0.25) is 5.02 Å². The van der Waals surface area contributed by atoms with Crippen LogP contribution in [0.4, 0.5) is 0 Å². The van der Waals surface area contributed by atoms with E-state index in [0.717, 1.165) is 5.56 Å². The molecule has 0 fully saturated rings. The minimum atomic E-state index is -1.89. The van der Waals surface area contributed by atoms with Gasteiger partial charge in [0, 0.05) is 11.4 Å². The Kier molecular flexibility index (Phi) is 8.41. The van der Waals surface area contributed by atoms with Crippen molar-refractivity contribution in [3.05, 3.63) is 64.7 Å². The third-order valence-corrected chi connectivity index (χ3v) is 5.44. The molecule has 2 aromatic rings. The number of ether oxygens (including phenoxy) is 1. The van der Waals surface area contributed by atoms with Gasteiger partial charge in [-0.2, -0.15) is 0 Å². The number of hydrogen-bond acceptors (Lipinski definition) is 5. The van der Waals surface area contributed by atoms with Crippen LogP contribution in [-0.2, 0) is 16.2 Å². The van der Waals surface area contributed by atoms with E-state index in [9.17, 15) is 19.8 Å². The van der Waals surface area contributed by atoms with Gasteiger partial charge in [-0.25, -0.2) is 4.79 Å². The Morgan fingerprint density at radius 2 is 1.70 bits per heavy atom. The van der Waals surface area contributed by atoms with Gasteiger partial charge in [0.15, 0.2) is 11.3 Å². The fraction of sp³-hybridized carbons (Fsp3) is 0.391. The van der Waals surface area contributed by atoms with E-state index in [2.05, 4.69) is 0 Å².